The molecular formula is C12H12F2O2. The second kappa shape index (κ2) is 3.85. The van der Waals surface area contributed by atoms with Crippen LogP contribution in [-0.4, -0.2) is 11.1 Å². The summed E-state index contributed by atoms with van der Waals surface area (Å²) < 4.78 is 25.6. The third-order valence-electron chi connectivity index (χ3n) is 3.33. The lowest BCUT2D eigenvalue weighted by Gasteiger charge is -2.39. The van der Waals surface area contributed by atoms with Gasteiger partial charge in [-0.05, 0) is 18.4 Å². The van der Waals surface area contributed by atoms with E-state index in [1.165, 1.54) is 18.2 Å². The molecule has 2 nitrogen and oxygen atoms in total. The van der Waals surface area contributed by atoms with Crippen molar-refractivity contribution in [1.82, 2.24) is 0 Å². The normalized spacial score (nSPS) is 18.2. The molecule has 1 fully saturated rings. The molecule has 0 atom stereocenters. The molecule has 4 heteroatoms. The average molecular weight is 226 g/mol. The Hall–Kier alpha value is -1.45. The zero-order chi connectivity index (χ0) is 11.8. The third kappa shape index (κ3) is 1.49. The molecule has 1 aliphatic carbocycles. The summed E-state index contributed by atoms with van der Waals surface area (Å²) >= 11 is 0. The van der Waals surface area contributed by atoms with E-state index in [9.17, 15) is 18.7 Å². The number of benzene rings is 1. The van der Waals surface area contributed by atoms with E-state index in [0.717, 1.165) is 6.42 Å². The number of rotatable bonds is 3. The first kappa shape index (κ1) is 11.0. The molecule has 1 aliphatic rings. The molecule has 0 bridgehead atoms. The van der Waals surface area contributed by atoms with Crippen LogP contribution in [0.15, 0.2) is 24.3 Å². The van der Waals surface area contributed by atoms with Crippen LogP contribution in [0.2, 0.25) is 0 Å². The molecular weight excluding hydrogens is 214 g/mol. The van der Waals surface area contributed by atoms with Crippen LogP contribution in [0.1, 0.15) is 36.8 Å². The molecule has 1 aromatic carbocycles. The van der Waals surface area contributed by atoms with Crippen LogP contribution in [0, 0.1) is 0 Å². The third-order valence-corrected chi connectivity index (χ3v) is 3.33. The Bertz CT molecular complexity index is 411. The molecule has 0 aromatic heterocycles. The van der Waals surface area contributed by atoms with E-state index in [1.807, 2.05) is 0 Å². The van der Waals surface area contributed by atoms with E-state index in [-0.39, 0.29) is 11.1 Å². The maximum atomic E-state index is 12.8. The fourth-order valence-corrected chi connectivity index (χ4v) is 2.25. The van der Waals surface area contributed by atoms with E-state index < -0.39 is 17.8 Å². The van der Waals surface area contributed by atoms with Crippen molar-refractivity contribution in [2.75, 3.05) is 0 Å². The Morgan fingerprint density at radius 2 is 1.94 bits per heavy atom. The van der Waals surface area contributed by atoms with Gasteiger partial charge in [-0.25, -0.2) is 8.78 Å². The quantitative estimate of drug-likeness (QED) is 0.859. The predicted molar refractivity (Wildman–Crippen MR) is 54.6 cm³/mol. The number of aliphatic carboxylic acids is 1. The highest BCUT2D eigenvalue weighted by Crippen LogP contribution is 2.46. The maximum Gasteiger partial charge on any atom is 0.314 e. The highest BCUT2D eigenvalue weighted by molar-refractivity contribution is 5.83. The van der Waals surface area contributed by atoms with Crippen molar-refractivity contribution in [1.29, 1.82) is 0 Å². The van der Waals surface area contributed by atoms with Crippen molar-refractivity contribution >= 4 is 5.97 Å². The van der Waals surface area contributed by atoms with Gasteiger partial charge in [0.2, 0.25) is 0 Å². The van der Waals surface area contributed by atoms with Crippen molar-refractivity contribution in [2.45, 2.75) is 31.1 Å². The fraction of sp³-hybridized carbons (Fsp3) is 0.417. The lowest BCUT2D eigenvalue weighted by molar-refractivity contribution is -0.147. The molecule has 2 rings (SSSR count). The summed E-state index contributed by atoms with van der Waals surface area (Å²) in [5.41, 5.74) is -0.944. The zero-order valence-electron chi connectivity index (χ0n) is 8.62. The van der Waals surface area contributed by atoms with Crippen molar-refractivity contribution in [3.63, 3.8) is 0 Å². The second-order valence-electron chi connectivity index (χ2n) is 4.13. The van der Waals surface area contributed by atoms with Gasteiger partial charge >= 0.3 is 5.97 Å². The van der Waals surface area contributed by atoms with Crippen LogP contribution in [0.4, 0.5) is 8.78 Å². The van der Waals surface area contributed by atoms with Crippen molar-refractivity contribution in [3.8, 4) is 0 Å². The molecule has 0 aliphatic heterocycles. The minimum absolute atomic E-state index is 0.149. The lowest BCUT2D eigenvalue weighted by Crippen LogP contribution is -2.43. The van der Waals surface area contributed by atoms with E-state index in [2.05, 4.69) is 0 Å². The average Bonchev–Trinajstić information content (AvgIpc) is 2.15. The van der Waals surface area contributed by atoms with E-state index in [4.69, 9.17) is 0 Å². The van der Waals surface area contributed by atoms with Gasteiger partial charge in [0.15, 0.2) is 0 Å². The molecule has 1 saturated carbocycles. The lowest BCUT2D eigenvalue weighted by atomic mass is 9.63. The summed E-state index contributed by atoms with van der Waals surface area (Å²) in [7, 11) is 0. The van der Waals surface area contributed by atoms with Gasteiger partial charge in [-0.3, -0.25) is 4.79 Å². The van der Waals surface area contributed by atoms with E-state index in [0.29, 0.717) is 12.8 Å². The van der Waals surface area contributed by atoms with Gasteiger partial charge in [-0.1, -0.05) is 30.7 Å². The van der Waals surface area contributed by atoms with Gasteiger partial charge in [0.25, 0.3) is 6.43 Å². The summed E-state index contributed by atoms with van der Waals surface area (Å²) in [6.45, 7) is 0. The Balaban J connectivity index is 2.50. The fourth-order valence-electron chi connectivity index (χ4n) is 2.25. The van der Waals surface area contributed by atoms with Crippen LogP contribution < -0.4 is 0 Å². The molecule has 16 heavy (non-hydrogen) atoms. The topological polar surface area (TPSA) is 37.3 Å². The minimum atomic E-state index is -2.62. The maximum absolute atomic E-state index is 12.8. The largest absolute Gasteiger partial charge is 0.481 e. The number of alkyl halides is 2. The van der Waals surface area contributed by atoms with Crippen LogP contribution >= 0.6 is 0 Å². The summed E-state index contributed by atoms with van der Waals surface area (Å²) in [5.74, 6) is -0.994. The van der Waals surface area contributed by atoms with Gasteiger partial charge in [-0.15, -0.1) is 0 Å². The van der Waals surface area contributed by atoms with Crippen molar-refractivity contribution in [3.05, 3.63) is 35.4 Å². The Morgan fingerprint density at radius 1 is 1.31 bits per heavy atom. The number of carboxylic acids is 1. The highest BCUT2D eigenvalue weighted by Gasteiger charge is 2.47. The van der Waals surface area contributed by atoms with Crippen molar-refractivity contribution < 1.29 is 18.7 Å². The van der Waals surface area contributed by atoms with Crippen LogP contribution in [0.5, 0.6) is 0 Å². The molecule has 0 saturated heterocycles. The van der Waals surface area contributed by atoms with Gasteiger partial charge in [0, 0.05) is 5.56 Å². The van der Waals surface area contributed by atoms with Crippen molar-refractivity contribution in [2.24, 2.45) is 0 Å². The predicted octanol–water partition coefficient (Wildman–Crippen LogP) is 3.13. The number of carboxylic acid groups (broad SMARTS) is 1. The van der Waals surface area contributed by atoms with Crippen LogP contribution in [0.3, 0.4) is 0 Å². The second-order valence-corrected chi connectivity index (χ2v) is 4.13. The van der Waals surface area contributed by atoms with E-state index >= 15 is 0 Å². The zero-order valence-corrected chi connectivity index (χ0v) is 8.62. The Kier molecular flexibility index (Phi) is 2.66. The molecule has 0 unspecified atom stereocenters. The standard InChI is InChI=1S/C12H12F2O2/c13-10(14)8-4-1-2-5-9(8)12(11(15)16)6-3-7-12/h1-2,4-5,10H,3,6-7H2,(H,15,16). The SMILES string of the molecule is O=C(O)C1(c2ccccc2C(F)F)CCC1. The molecule has 0 amide bonds. The highest BCUT2D eigenvalue weighted by atomic mass is 19.3. The summed E-state index contributed by atoms with van der Waals surface area (Å²) in [4.78, 5) is 11.2. The molecule has 0 radical (unpaired) electrons. The van der Waals surface area contributed by atoms with E-state index in [1.54, 1.807) is 6.07 Å². The van der Waals surface area contributed by atoms with Crippen LogP contribution in [-0.2, 0) is 10.2 Å². The first-order valence-electron chi connectivity index (χ1n) is 5.19. The summed E-state index contributed by atoms with van der Waals surface area (Å²) in [6, 6.07) is 5.95. The number of carbonyl (C=O) groups is 1. The van der Waals surface area contributed by atoms with Gasteiger partial charge in [-0.2, -0.15) is 0 Å². The van der Waals surface area contributed by atoms with Crippen LogP contribution in [0.25, 0.3) is 0 Å². The molecule has 86 valence electrons. The molecule has 1 N–H and O–H groups in total. The molecule has 1 aromatic rings. The van der Waals surface area contributed by atoms with Gasteiger partial charge in [0.05, 0.1) is 5.41 Å². The first-order valence-corrected chi connectivity index (χ1v) is 5.19. The minimum Gasteiger partial charge on any atom is -0.481 e. The smallest absolute Gasteiger partial charge is 0.314 e. The summed E-state index contributed by atoms with van der Waals surface area (Å²) in [6.07, 6.45) is -0.935. The molecule has 0 spiro atoms. The van der Waals surface area contributed by atoms with Gasteiger partial charge in [0.1, 0.15) is 0 Å². The van der Waals surface area contributed by atoms with Gasteiger partial charge < -0.3 is 5.11 Å². The Morgan fingerprint density at radius 3 is 2.38 bits per heavy atom. The number of hydrogen-bond donors (Lipinski definition) is 1. The Labute approximate surface area is 91.9 Å². The first-order chi connectivity index (χ1) is 7.58. The number of halogens is 2. The summed E-state index contributed by atoms with van der Waals surface area (Å²) in [5, 5.41) is 9.20. The monoisotopic (exact) mass is 226 g/mol. The number of hydrogen-bond acceptors (Lipinski definition) is 1. The molecule has 0 heterocycles.